The van der Waals surface area contributed by atoms with Crippen LogP contribution in [0.4, 0.5) is 4.39 Å². The highest BCUT2D eigenvalue weighted by Crippen LogP contribution is 2.34. The number of ether oxygens (including phenoxy) is 2. The second-order valence-corrected chi connectivity index (χ2v) is 5.90. The van der Waals surface area contributed by atoms with Crippen molar-refractivity contribution in [2.24, 2.45) is 5.41 Å². The van der Waals surface area contributed by atoms with Crippen molar-refractivity contribution < 1.29 is 13.9 Å². The van der Waals surface area contributed by atoms with E-state index >= 15 is 0 Å². The van der Waals surface area contributed by atoms with Gasteiger partial charge in [0.05, 0.1) is 19.3 Å². The normalized spacial score (nSPS) is 14.9. The molecule has 0 saturated heterocycles. The molecule has 0 radical (unpaired) electrons. The Balaban J connectivity index is 3.13. The summed E-state index contributed by atoms with van der Waals surface area (Å²) in [5, 5.41) is 3.24. The first-order chi connectivity index (χ1) is 9.35. The number of hydrogen-bond donors (Lipinski definition) is 1. The zero-order valence-corrected chi connectivity index (χ0v) is 13.3. The van der Waals surface area contributed by atoms with Crippen molar-refractivity contribution in [3.63, 3.8) is 0 Å². The zero-order valence-electron chi connectivity index (χ0n) is 13.3. The van der Waals surface area contributed by atoms with Crippen LogP contribution in [0, 0.1) is 11.2 Å². The van der Waals surface area contributed by atoms with E-state index in [0.717, 1.165) is 5.56 Å². The average molecular weight is 283 g/mol. The summed E-state index contributed by atoms with van der Waals surface area (Å²) in [6.07, 6.45) is -0.0507. The molecule has 2 unspecified atom stereocenters. The van der Waals surface area contributed by atoms with Gasteiger partial charge in [0.25, 0.3) is 0 Å². The van der Waals surface area contributed by atoms with Crippen LogP contribution in [0.1, 0.15) is 39.3 Å². The predicted molar refractivity (Wildman–Crippen MR) is 79.6 cm³/mol. The minimum atomic E-state index is -0.352. The minimum absolute atomic E-state index is 0.0507. The Morgan fingerprint density at radius 2 is 1.95 bits per heavy atom. The molecule has 0 amide bonds. The second-order valence-electron chi connectivity index (χ2n) is 5.90. The number of benzene rings is 1. The number of nitrogens with one attached hydrogen (secondary N) is 1. The summed E-state index contributed by atoms with van der Waals surface area (Å²) in [7, 11) is 3.33. The van der Waals surface area contributed by atoms with Gasteiger partial charge in [-0.15, -0.1) is 0 Å². The molecule has 0 fully saturated rings. The summed E-state index contributed by atoms with van der Waals surface area (Å²) in [5.74, 6) is -0.0956. The van der Waals surface area contributed by atoms with Crippen molar-refractivity contribution in [3.05, 3.63) is 29.6 Å². The van der Waals surface area contributed by atoms with E-state index in [1.165, 1.54) is 13.2 Å². The molecular formula is C16H26FNO2. The van der Waals surface area contributed by atoms with Crippen LogP contribution in [-0.4, -0.2) is 26.9 Å². The third-order valence-electron chi connectivity index (χ3n) is 3.35. The smallest absolute Gasteiger partial charge is 0.165 e. The van der Waals surface area contributed by atoms with Crippen molar-refractivity contribution in [2.75, 3.05) is 20.8 Å². The second kappa shape index (κ2) is 7.04. The Morgan fingerprint density at radius 3 is 2.35 bits per heavy atom. The first-order valence-corrected chi connectivity index (χ1v) is 6.97. The van der Waals surface area contributed by atoms with Gasteiger partial charge in [-0.1, -0.05) is 26.8 Å². The highest BCUT2D eigenvalue weighted by atomic mass is 19.1. The summed E-state index contributed by atoms with van der Waals surface area (Å²) in [6, 6.07) is 4.97. The predicted octanol–water partition coefficient (Wildman–Crippen LogP) is 3.55. The summed E-state index contributed by atoms with van der Waals surface area (Å²) >= 11 is 0. The molecule has 3 nitrogen and oxygen atoms in total. The topological polar surface area (TPSA) is 30.5 Å². The molecule has 20 heavy (non-hydrogen) atoms. The summed E-state index contributed by atoms with van der Waals surface area (Å²) < 4.78 is 24.8. The third kappa shape index (κ3) is 3.93. The van der Waals surface area contributed by atoms with Crippen LogP contribution in [0.3, 0.4) is 0 Å². The van der Waals surface area contributed by atoms with Gasteiger partial charge >= 0.3 is 0 Å². The summed E-state index contributed by atoms with van der Waals surface area (Å²) in [5.41, 5.74) is 0.805. The molecule has 1 rings (SSSR count). The fraction of sp³-hybridized carbons (Fsp3) is 0.625. The molecule has 0 saturated carbocycles. The summed E-state index contributed by atoms with van der Waals surface area (Å²) in [4.78, 5) is 0. The van der Waals surface area contributed by atoms with E-state index in [-0.39, 0.29) is 29.1 Å². The molecule has 0 aliphatic heterocycles. The summed E-state index contributed by atoms with van der Waals surface area (Å²) in [6.45, 7) is 8.96. The minimum Gasteiger partial charge on any atom is -0.494 e. The molecule has 0 aromatic heterocycles. The first-order valence-electron chi connectivity index (χ1n) is 6.97. The molecule has 0 aliphatic rings. The van der Waals surface area contributed by atoms with Crippen molar-refractivity contribution in [3.8, 4) is 5.75 Å². The highest BCUT2D eigenvalue weighted by molar-refractivity contribution is 5.31. The molecular weight excluding hydrogens is 257 g/mol. The fourth-order valence-electron chi connectivity index (χ4n) is 2.39. The van der Waals surface area contributed by atoms with Crippen LogP contribution in [0.2, 0.25) is 0 Å². The molecule has 1 aromatic rings. The molecule has 114 valence electrons. The average Bonchev–Trinajstić information content (AvgIpc) is 2.37. The van der Waals surface area contributed by atoms with E-state index in [1.54, 1.807) is 6.07 Å². The van der Waals surface area contributed by atoms with Gasteiger partial charge in [-0.3, -0.25) is 0 Å². The van der Waals surface area contributed by atoms with Crippen molar-refractivity contribution in [1.82, 2.24) is 5.32 Å². The van der Waals surface area contributed by atoms with Crippen LogP contribution in [0.15, 0.2) is 18.2 Å². The molecule has 0 aliphatic carbocycles. The SMILES string of the molecule is CCOC(C(NC)c1ccc(OC)c(F)c1)C(C)(C)C. The van der Waals surface area contributed by atoms with E-state index in [2.05, 4.69) is 26.1 Å². The highest BCUT2D eigenvalue weighted by Gasteiger charge is 2.33. The van der Waals surface area contributed by atoms with Gasteiger partial charge in [0, 0.05) is 6.61 Å². The number of halogens is 1. The Labute approximate surface area is 121 Å². The van der Waals surface area contributed by atoms with Crippen molar-refractivity contribution >= 4 is 0 Å². The standard InChI is InChI=1S/C16H26FNO2/c1-7-20-15(16(2,3)4)14(18-5)11-8-9-13(19-6)12(17)10-11/h8-10,14-15,18H,7H2,1-6H3. The Hall–Kier alpha value is -1.13. The van der Waals surface area contributed by atoms with E-state index in [4.69, 9.17) is 9.47 Å². The maximum Gasteiger partial charge on any atom is 0.165 e. The lowest BCUT2D eigenvalue weighted by Gasteiger charge is -2.37. The molecule has 0 heterocycles. The quantitative estimate of drug-likeness (QED) is 0.866. The lowest BCUT2D eigenvalue weighted by molar-refractivity contribution is -0.0351. The number of hydrogen-bond acceptors (Lipinski definition) is 3. The maximum atomic E-state index is 13.9. The van der Waals surface area contributed by atoms with Gasteiger partial charge in [-0.25, -0.2) is 4.39 Å². The Bertz CT molecular complexity index is 429. The van der Waals surface area contributed by atoms with Crippen LogP contribution in [0.25, 0.3) is 0 Å². The molecule has 0 bridgehead atoms. The van der Waals surface area contributed by atoms with Crippen molar-refractivity contribution in [2.45, 2.75) is 39.8 Å². The fourth-order valence-corrected chi connectivity index (χ4v) is 2.39. The number of rotatable bonds is 6. The van der Waals surface area contributed by atoms with E-state index in [0.29, 0.717) is 6.61 Å². The zero-order chi connectivity index (χ0) is 15.3. The Kier molecular flexibility index (Phi) is 5.96. The number of likely N-dealkylation sites (N-methyl/N-ethyl adjacent to an activating group) is 1. The van der Waals surface area contributed by atoms with Gasteiger partial charge in [0.15, 0.2) is 11.6 Å². The van der Waals surface area contributed by atoms with Gasteiger partial charge in [-0.05, 0) is 37.1 Å². The van der Waals surface area contributed by atoms with E-state index < -0.39 is 0 Å². The van der Waals surface area contributed by atoms with Crippen LogP contribution in [-0.2, 0) is 4.74 Å². The van der Waals surface area contributed by atoms with Gasteiger partial charge in [0.2, 0.25) is 0 Å². The largest absolute Gasteiger partial charge is 0.494 e. The first kappa shape index (κ1) is 16.9. The van der Waals surface area contributed by atoms with Crippen LogP contribution >= 0.6 is 0 Å². The van der Waals surface area contributed by atoms with E-state index in [1.807, 2.05) is 20.0 Å². The lowest BCUT2D eigenvalue weighted by atomic mass is 9.82. The number of methoxy groups -OCH3 is 1. The van der Waals surface area contributed by atoms with Crippen LogP contribution < -0.4 is 10.1 Å². The van der Waals surface area contributed by atoms with Gasteiger partial charge < -0.3 is 14.8 Å². The van der Waals surface area contributed by atoms with Gasteiger partial charge in [0.1, 0.15) is 0 Å². The molecule has 4 heteroatoms. The Morgan fingerprint density at radius 1 is 1.30 bits per heavy atom. The van der Waals surface area contributed by atoms with Crippen molar-refractivity contribution in [1.29, 1.82) is 0 Å². The molecule has 0 spiro atoms. The third-order valence-corrected chi connectivity index (χ3v) is 3.35. The maximum absolute atomic E-state index is 13.9. The molecule has 1 N–H and O–H groups in total. The molecule has 2 atom stereocenters. The van der Waals surface area contributed by atoms with E-state index in [9.17, 15) is 4.39 Å². The molecule has 1 aromatic carbocycles. The lowest BCUT2D eigenvalue weighted by Crippen LogP contribution is -2.41. The van der Waals surface area contributed by atoms with Gasteiger partial charge in [-0.2, -0.15) is 0 Å². The van der Waals surface area contributed by atoms with Crippen LogP contribution in [0.5, 0.6) is 5.75 Å². The monoisotopic (exact) mass is 283 g/mol.